The summed E-state index contributed by atoms with van der Waals surface area (Å²) in [5.74, 6) is -0.589. The number of anilines is 2. The van der Waals surface area contributed by atoms with Gasteiger partial charge in [-0.15, -0.1) is 0 Å². The molecule has 0 unspecified atom stereocenters. The lowest BCUT2D eigenvalue weighted by Crippen LogP contribution is -2.36. The predicted octanol–water partition coefficient (Wildman–Crippen LogP) is 0.282. The first-order chi connectivity index (χ1) is 8.86. The summed E-state index contributed by atoms with van der Waals surface area (Å²) in [5, 5.41) is 0. The zero-order valence-corrected chi connectivity index (χ0v) is 11.5. The van der Waals surface area contributed by atoms with Gasteiger partial charge in [-0.2, -0.15) is 0 Å². The average molecular weight is 264 g/mol. The Hall–Kier alpha value is -2.24. The lowest BCUT2D eigenvalue weighted by molar-refractivity contribution is -0.127. The first kappa shape index (κ1) is 14.8. The Morgan fingerprint density at radius 1 is 1.26 bits per heavy atom. The van der Waals surface area contributed by atoms with Crippen LogP contribution in [0.1, 0.15) is 17.3 Å². The zero-order valence-electron chi connectivity index (χ0n) is 11.5. The smallest absolute Gasteiger partial charge is 0.250 e. The molecule has 104 valence electrons. The average Bonchev–Trinajstić information content (AvgIpc) is 2.35. The number of nitrogen functional groups attached to an aromatic ring is 1. The van der Waals surface area contributed by atoms with Crippen LogP contribution in [0.15, 0.2) is 18.2 Å². The van der Waals surface area contributed by atoms with Crippen LogP contribution >= 0.6 is 0 Å². The fourth-order valence-electron chi connectivity index (χ4n) is 1.64. The molecule has 6 heteroatoms. The third-order valence-corrected chi connectivity index (χ3v) is 2.87. The zero-order chi connectivity index (χ0) is 14.6. The van der Waals surface area contributed by atoms with E-state index in [2.05, 4.69) is 0 Å². The van der Waals surface area contributed by atoms with E-state index in [0.717, 1.165) is 5.69 Å². The predicted molar refractivity (Wildman–Crippen MR) is 76.0 cm³/mol. The molecule has 6 nitrogen and oxygen atoms in total. The van der Waals surface area contributed by atoms with Gasteiger partial charge in [-0.25, -0.2) is 0 Å². The SMILES string of the molecule is CCN(CC(=O)N(C)C)c1ccc(N)c(C(N)=O)c1. The van der Waals surface area contributed by atoms with E-state index in [1.807, 2.05) is 11.8 Å². The summed E-state index contributed by atoms with van der Waals surface area (Å²) in [6.07, 6.45) is 0. The summed E-state index contributed by atoms with van der Waals surface area (Å²) in [6.45, 7) is 2.82. The summed E-state index contributed by atoms with van der Waals surface area (Å²) < 4.78 is 0. The standard InChI is InChI=1S/C13H20N4O2/c1-4-17(8-12(18)16(2)3)9-5-6-11(14)10(7-9)13(15)19/h5-7H,4,8,14H2,1-3H3,(H2,15,19). The van der Waals surface area contributed by atoms with Crippen molar-refractivity contribution in [2.24, 2.45) is 5.73 Å². The normalized spacial score (nSPS) is 10.1. The molecule has 0 saturated heterocycles. The third kappa shape index (κ3) is 3.61. The summed E-state index contributed by atoms with van der Waals surface area (Å²) in [6, 6.07) is 5.01. The Morgan fingerprint density at radius 2 is 1.89 bits per heavy atom. The first-order valence-corrected chi connectivity index (χ1v) is 6.01. The maximum absolute atomic E-state index is 11.7. The van der Waals surface area contributed by atoms with Crippen molar-refractivity contribution in [3.63, 3.8) is 0 Å². The fourth-order valence-corrected chi connectivity index (χ4v) is 1.64. The van der Waals surface area contributed by atoms with Crippen LogP contribution in [-0.2, 0) is 4.79 Å². The van der Waals surface area contributed by atoms with Crippen molar-refractivity contribution in [1.29, 1.82) is 0 Å². The molecule has 0 aliphatic rings. The van der Waals surface area contributed by atoms with E-state index in [9.17, 15) is 9.59 Å². The molecule has 0 radical (unpaired) electrons. The van der Waals surface area contributed by atoms with Crippen LogP contribution in [0.5, 0.6) is 0 Å². The van der Waals surface area contributed by atoms with Gasteiger partial charge in [0.25, 0.3) is 5.91 Å². The van der Waals surface area contributed by atoms with Crippen molar-refractivity contribution in [3.8, 4) is 0 Å². The van der Waals surface area contributed by atoms with E-state index in [1.165, 1.54) is 4.90 Å². The van der Waals surface area contributed by atoms with Crippen molar-refractivity contribution < 1.29 is 9.59 Å². The number of amides is 2. The van der Waals surface area contributed by atoms with E-state index in [1.54, 1.807) is 32.3 Å². The molecule has 0 atom stereocenters. The molecule has 2 amide bonds. The largest absolute Gasteiger partial charge is 0.398 e. The van der Waals surface area contributed by atoms with Crippen LogP contribution in [0.3, 0.4) is 0 Å². The highest BCUT2D eigenvalue weighted by Gasteiger charge is 2.14. The molecule has 0 spiro atoms. The van der Waals surface area contributed by atoms with Gasteiger partial charge in [0.05, 0.1) is 12.1 Å². The van der Waals surface area contributed by atoms with Gasteiger partial charge in [-0.1, -0.05) is 0 Å². The number of primary amides is 1. The summed E-state index contributed by atoms with van der Waals surface area (Å²) in [4.78, 5) is 26.4. The minimum atomic E-state index is -0.575. The molecule has 0 bridgehead atoms. The van der Waals surface area contributed by atoms with Gasteiger partial charge >= 0.3 is 0 Å². The summed E-state index contributed by atoms with van der Waals surface area (Å²) in [5.41, 5.74) is 12.3. The quantitative estimate of drug-likeness (QED) is 0.747. The highest BCUT2D eigenvalue weighted by molar-refractivity contribution is 5.99. The topological polar surface area (TPSA) is 92.7 Å². The van der Waals surface area contributed by atoms with Crippen LogP contribution in [0.2, 0.25) is 0 Å². The van der Waals surface area contributed by atoms with E-state index in [4.69, 9.17) is 11.5 Å². The van der Waals surface area contributed by atoms with Gasteiger partial charge < -0.3 is 21.3 Å². The van der Waals surface area contributed by atoms with Crippen molar-refractivity contribution in [3.05, 3.63) is 23.8 Å². The second-order valence-electron chi connectivity index (χ2n) is 4.44. The Bertz CT molecular complexity index is 486. The molecule has 0 aromatic heterocycles. The van der Waals surface area contributed by atoms with Gasteiger partial charge in [0.15, 0.2) is 0 Å². The number of carbonyl (C=O) groups excluding carboxylic acids is 2. The number of nitrogens with zero attached hydrogens (tertiary/aromatic N) is 2. The van der Waals surface area contributed by atoms with E-state index in [0.29, 0.717) is 12.2 Å². The molecular formula is C13H20N4O2. The van der Waals surface area contributed by atoms with Crippen LogP contribution in [0.4, 0.5) is 11.4 Å². The molecule has 1 aromatic rings. The number of benzene rings is 1. The molecule has 19 heavy (non-hydrogen) atoms. The van der Waals surface area contributed by atoms with Gasteiger partial charge in [0, 0.05) is 32.0 Å². The van der Waals surface area contributed by atoms with E-state index < -0.39 is 5.91 Å². The van der Waals surface area contributed by atoms with Gasteiger partial charge in [-0.3, -0.25) is 9.59 Å². The second-order valence-corrected chi connectivity index (χ2v) is 4.44. The Kier molecular flexibility index (Phi) is 4.74. The van der Waals surface area contributed by atoms with Gasteiger partial charge in [0.2, 0.25) is 5.91 Å². The number of nitrogens with two attached hydrogens (primary N) is 2. The van der Waals surface area contributed by atoms with Crippen LogP contribution in [-0.4, -0.2) is 43.9 Å². The Labute approximate surface area is 113 Å². The Morgan fingerprint density at radius 3 is 2.37 bits per heavy atom. The van der Waals surface area contributed by atoms with Crippen LogP contribution < -0.4 is 16.4 Å². The number of hydrogen-bond donors (Lipinski definition) is 2. The number of hydrogen-bond acceptors (Lipinski definition) is 4. The summed E-state index contributed by atoms with van der Waals surface area (Å²) in [7, 11) is 3.40. The minimum Gasteiger partial charge on any atom is -0.398 e. The first-order valence-electron chi connectivity index (χ1n) is 6.01. The van der Waals surface area contributed by atoms with Crippen LogP contribution in [0, 0.1) is 0 Å². The monoisotopic (exact) mass is 264 g/mol. The molecule has 0 heterocycles. The van der Waals surface area contributed by atoms with E-state index >= 15 is 0 Å². The maximum Gasteiger partial charge on any atom is 0.250 e. The summed E-state index contributed by atoms with van der Waals surface area (Å²) >= 11 is 0. The number of likely N-dealkylation sites (N-methyl/N-ethyl adjacent to an activating group) is 2. The molecule has 1 aromatic carbocycles. The molecule has 0 fully saturated rings. The van der Waals surface area contributed by atoms with Crippen molar-refractivity contribution in [2.45, 2.75) is 6.92 Å². The van der Waals surface area contributed by atoms with Crippen molar-refractivity contribution in [2.75, 3.05) is 37.8 Å². The third-order valence-electron chi connectivity index (χ3n) is 2.87. The molecule has 0 aliphatic heterocycles. The van der Waals surface area contributed by atoms with Crippen LogP contribution in [0.25, 0.3) is 0 Å². The molecule has 0 saturated carbocycles. The molecular weight excluding hydrogens is 244 g/mol. The lowest BCUT2D eigenvalue weighted by Gasteiger charge is -2.24. The maximum atomic E-state index is 11.7. The van der Waals surface area contributed by atoms with Crippen molar-refractivity contribution >= 4 is 23.2 Å². The highest BCUT2D eigenvalue weighted by Crippen LogP contribution is 2.21. The number of carbonyl (C=O) groups is 2. The molecule has 1 rings (SSSR count). The fraction of sp³-hybridized carbons (Fsp3) is 0.385. The second kappa shape index (κ2) is 6.08. The van der Waals surface area contributed by atoms with Crippen molar-refractivity contribution in [1.82, 2.24) is 4.90 Å². The molecule has 4 N–H and O–H groups in total. The Balaban J connectivity index is 3.02. The van der Waals surface area contributed by atoms with E-state index in [-0.39, 0.29) is 18.0 Å². The molecule has 0 aliphatic carbocycles. The lowest BCUT2D eigenvalue weighted by atomic mass is 10.1. The van der Waals surface area contributed by atoms with Gasteiger partial charge in [0.1, 0.15) is 0 Å². The van der Waals surface area contributed by atoms with Gasteiger partial charge in [-0.05, 0) is 25.1 Å². The number of rotatable bonds is 5. The highest BCUT2D eigenvalue weighted by atomic mass is 16.2. The minimum absolute atomic E-state index is 0.0145.